The van der Waals surface area contributed by atoms with Crippen molar-refractivity contribution in [2.24, 2.45) is 5.73 Å². The lowest BCUT2D eigenvalue weighted by Gasteiger charge is -2.27. The summed E-state index contributed by atoms with van der Waals surface area (Å²) in [6.07, 6.45) is 1.94. The Bertz CT molecular complexity index is 461. The lowest BCUT2D eigenvalue weighted by Crippen LogP contribution is -2.34. The predicted octanol–water partition coefficient (Wildman–Crippen LogP) is 2.16. The Hall–Kier alpha value is -1.55. The summed E-state index contributed by atoms with van der Waals surface area (Å²) in [6, 6.07) is 8.47. The molecule has 0 aliphatic carbocycles. The third kappa shape index (κ3) is 3.31. The number of hydrogen-bond acceptors (Lipinski definition) is 3. The summed E-state index contributed by atoms with van der Waals surface area (Å²) < 4.78 is 0. The van der Waals surface area contributed by atoms with E-state index in [1.54, 1.807) is 6.92 Å². The van der Waals surface area contributed by atoms with Crippen LogP contribution in [0.25, 0.3) is 0 Å². The van der Waals surface area contributed by atoms with Crippen LogP contribution in [0.15, 0.2) is 24.3 Å². The molecule has 20 heavy (non-hydrogen) atoms. The number of nitrogens with two attached hydrogens (primary N) is 1. The van der Waals surface area contributed by atoms with Gasteiger partial charge in [0.25, 0.3) is 0 Å². The molecule has 1 aromatic rings. The second-order valence-electron chi connectivity index (χ2n) is 5.42. The standard InChI is InChI=1S/C16H25N3O/c1-3-15(17)14-7-4-5-8-16(14)19-10-6-9-18(11-12-19)13(2)20/h4-5,7-8,15H,3,6,9-12,17H2,1-2H3/t15-/m0/s1. The van der Waals surface area contributed by atoms with E-state index in [0.29, 0.717) is 0 Å². The summed E-state index contributed by atoms with van der Waals surface area (Å²) in [5.41, 5.74) is 8.67. The van der Waals surface area contributed by atoms with Gasteiger partial charge in [-0.05, 0) is 24.5 Å². The third-order valence-corrected chi connectivity index (χ3v) is 4.06. The molecule has 1 aliphatic rings. The summed E-state index contributed by atoms with van der Waals surface area (Å²) >= 11 is 0. The molecule has 0 radical (unpaired) electrons. The van der Waals surface area contributed by atoms with Crippen molar-refractivity contribution in [1.29, 1.82) is 0 Å². The van der Waals surface area contributed by atoms with Gasteiger partial charge in [-0.25, -0.2) is 0 Å². The van der Waals surface area contributed by atoms with Crippen LogP contribution in [-0.2, 0) is 4.79 Å². The Morgan fingerprint density at radius 2 is 2.00 bits per heavy atom. The maximum atomic E-state index is 11.5. The molecule has 1 aromatic carbocycles. The highest BCUT2D eigenvalue weighted by Crippen LogP contribution is 2.27. The fraction of sp³-hybridized carbons (Fsp3) is 0.562. The zero-order valence-corrected chi connectivity index (χ0v) is 12.5. The van der Waals surface area contributed by atoms with E-state index < -0.39 is 0 Å². The highest BCUT2D eigenvalue weighted by Gasteiger charge is 2.19. The molecule has 4 heteroatoms. The van der Waals surface area contributed by atoms with Crippen molar-refractivity contribution in [1.82, 2.24) is 4.90 Å². The summed E-state index contributed by atoms with van der Waals surface area (Å²) in [6.45, 7) is 7.28. The molecule has 1 aliphatic heterocycles. The molecule has 2 rings (SSSR count). The van der Waals surface area contributed by atoms with E-state index in [9.17, 15) is 4.79 Å². The van der Waals surface area contributed by atoms with Crippen LogP contribution in [0.1, 0.15) is 38.3 Å². The minimum atomic E-state index is 0.0818. The molecular formula is C16H25N3O. The minimum Gasteiger partial charge on any atom is -0.369 e. The first-order chi connectivity index (χ1) is 9.63. The number of carbonyl (C=O) groups is 1. The zero-order valence-electron chi connectivity index (χ0n) is 12.5. The Morgan fingerprint density at radius 1 is 1.25 bits per heavy atom. The van der Waals surface area contributed by atoms with Gasteiger partial charge in [0.2, 0.25) is 5.91 Å². The van der Waals surface area contributed by atoms with Crippen LogP contribution in [0.4, 0.5) is 5.69 Å². The van der Waals surface area contributed by atoms with Gasteiger partial charge in [0, 0.05) is 44.8 Å². The topological polar surface area (TPSA) is 49.6 Å². The van der Waals surface area contributed by atoms with Gasteiger partial charge in [-0.15, -0.1) is 0 Å². The van der Waals surface area contributed by atoms with E-state index in [4.69, 9.17) is 5.73 Å². The van der Waals surface area contributed by atoms with Gasteiger partial charge in [0.15, 0.2) is 0 Å². The smallest absolute Gasteiger partial charge is 0.219 e. The highest BCUT2D eigenvalue weighted by molar-refractivity contribution is 5.73. The number of benzene rings is 1. The molecule has 0 spiro atoms. The van der Waals surface area contributed by atoms with Crippen molar-refractivity contribution in [2.75, 3.05) is 31.1 Å². The van der Waals surface area contributed by atoms with Crippen molar-refractivity contribution in [3.05, 3.63) is 29.8 Å². The number of hydrogen-bond donors (Lipinski definition) is 1. The van der Waals surface area contributed by atoms with E-state index in [0.717, 1.165) is 39.0 Å². The van der Waals surface area contributed by atoms with Gasteiger partial charge in [-0.1, -0.05) is 25.1 Å². The molecule has 4 nitrogen and oxygen atoms in total. The van der Waals surface area contributed by atoms with Crippen LogP contribution in [0.2, 0.25) is 0 Å². The number of carbonyl (C=O) groups excluding carboxylic acids is 1. The molecule has 1 saturated heterocycles. The Morgan fingerprint density at radius 3 is 2.70 bits per heavy atom. The van der Waals surface area contributed by atoms with Gasteiger partial charge in [0.1, 0.15) is 0 Å². The van der Waals surface area contributed by atoms with Crippen LogP contribution < -0.4 is 10.6 Å². The number of nitrogens with zero attached hydrogens (tertiary/aromatic N) is 2. The first-order valence-corrected chi connectivity index (χ1v) is 7.48. The SMILES string of the molecule is CC[C@H](N)c1ccccc1N1CCCN(C(C)=O)CC1. The molecule has 0 saturated carbocycles. The number of amides is 1. The average molecular weight is 275 g/mol. The number of anilines is 1. The largest absolute Gasteiger partial charge is 0.369 e. The molecule has 0 aromatic heterocycles. The molecule has 0 unspecified atom stereocenters. The van der Waals surface area contributed by atoms with Gasteiger partial charge >= 0.3 is 0 Å². The van der Waals surface area contributed by atoms with Crippen molar-refractivity contribution in [2.45, 2.75) is 32.7 Å². The van der Waals surface area contributed by atoms with Gasteiger partial charge in [-0.2, -0.15) is 0 Å². The zero-order chi connectivity index (χ0) is 14.5. The predicted molar refractivity (Wildman–Crippen MR) is 82.7 cm³/mol. The van der Waals surface area contributed by atoms with Crippen LogP contribution in [-0.4, -0.2) is 37.0 Å². The summed E-state index contributed by atoms with van der Waals surface area (Å²) in [4.78, 5) is 15.8. The Kier molecular flexibility index (Phi) is 5.01. The fourth-order valence-corrected chi connectivity index (χ4v) is 2.78. The third-order valence-electron chi connectivity index (χ3n) is 4.06. The quantitative estimate of drug-likeness (QED) is 0.919. The first kappa shape index (κ1) is 14.9. The van der Waals surface area contributed by atoms with Crippen molar-refractivity contribution >= 4 is 11.6 Å². The lowest BCUT2D eigenvalue weighted by molar-refractivity contribution is -0.128. The lowest BCUT2D eigenvalue weighted by atomic mass is 10.0. The van der Waals surface area contributed by atoms with E-state index >= 15 is 0 Å². The highest BCUT2D eigenvalue weighted by atomic mass is 16.2. The van der Waals surface area contributed by atoms with Gasteiger partial charge < -0.3 is 15.5 Å². The fourth-order valence-electron chi connectivity index (χ4n) is 2.78. The normalized spacial score (nSPS) is 17.8. The molecule has 0 bridgehead atoms. The van der Waals surface area contributed by atoms with Crippen molar-refractivity contribution in [3.63, 3.8) is 0 Å². The second kappa shape index (κ2) is 6.75. The van der Waals surface area contributed by atoms with Gasteiger partial charge in [-0.3, -0.25) is 4.79 Å². The van der Waals surface area contributed by atoms with Gasteiger partial charge in [0.05, 0.1) is 0 Å². The average Bonchev–Trinajstić information content (AvgIpc) is 2.72. The van der Waals surface area contributed by atoms with Crippen LogP contribution in [0.5, 0.6) is 0 Å². The van der Waals surface area contributed by atoms with Crippen LogP contribution in [0, 0.1) is 0 Å². The minimum absolute atomic E-state index is 0.0818. The number of para-hydroxylation sites is 1. The molecule has 1 fully saturated rings. The Balaban J connectivity index is 2.17. The molecular weight excluding hydrogens is 250 g/mol. The van der Waals surface area contributed by atoms with E-state index in [2.05, 4.69) is 30.0 Å². The monoisotopic (exact) mass is 275 g/mol. The first-order valence-electron chi connectivity index (χ1n) is 7.48. The van der Waals surface area contributed by atoms with E-state index in [-0.39, 0.29) is 11.9 Å². The molecule has 2 N–H and O–H groups in total. The molecule has 1 amide bonds. The summed E-state index contributed by atoms with van der Waals surface area (Å²) in [5, 5.41) is 0. The summed E-state index contributed by atoms with van der Waals surface area (Å²) in [5.74, 6) is 0.172. The van der Waals surface area contributed by atoms with E-state index in [1.165, 1.54) is 11.3 Å². The van der Waals surface area contributed by atoms with Crippen LogP contribution >= 0.6 is 0 Å². The second-order valence-corrected chi connectivity index (χ2v) is 5.42. The summed E-state index contributed by atoms with van der Waals surface area (Å²) in [7, 11) is 0. The molecule has 1 atom stereocenters. The Labute approximate surface area is 121 Å². The van der Waals surface area contributed by atoms with Crippen LogP contribution in [0.3, 0.4) is 0 Å². The maximum Gasteiger partial charge on any atom is 0.219 e. The number of rotatable bonds is 3. The molecule has 110 valence electrons. The maximum absolute atomic E-state index is 11.5. The van der Waals surface area contributed by atoms with E-state index in [1.807, 2.05) is 11.0 Å². The van der Waals surface area contributed by atoms with Crippen molar-refractivity contribution < 1.29 is 4.79 Å². The van der Waals surface area contributed by atoms with Crippen molar-refractivity contribution in [3.8, 4) is 0 Å². The molecule has 1 heterocycles.